The molecule has 0 radical (unpaired) electrons. The number of ether oxygens (including phenoxy) is 2. The number of rotatable bonds is 10. The van der Waals surface area contributed by atoms with Crippen molar-refractivity contribution in [3.8, 4) is 0 Å². The molecule has 3 aromatic carbocycles. The second-order valence-corrected chi connectivity index (χ2v) is 10.1. The lowest BCUT2D eigenvalue weighted by atomic mass is 9.66. The Morgan fingerprint density at radius 1 is 0.800 bits per heavy atom. The van der Waals surface area contributed by atoms with Gasteiger partial charge in [0, 0.05) is 29.2 Å². The minimum atomic E-state index is -0.688. The Bertz CT molecular complexity index is 1590. The summed E-state index contributed by atoms with van der Waals surface area (Å²) in [4.78, 5) is 39.9. The fourth-order valence-corrected chi connectivity index (χ4v) is 5.24. The van der Waals surface area contributed by atoms with Gasteiger partial charge >= 0.3 is 5.69 Å². The molecule has 1 fully saturated rings. The van der Waals surface area contributed by atoms with Crippen molar-refractivity contribution in [1.29, 1.82) is 0 Å². The minimum absolute atomic E-state index is 0.0538. The van der Waals surface area contributed by atoms with Crippen LogP contribution < -0.4 is 11.2 Å². The molecule has 4 aromatic rings. The summed E-state index contributed by atoms with van der Waals surface area (Å²) in [6, 6.07) is 27.7. The third kappa shape index (κ3) is 5.66. The van der Waals surface area contributed by atoms with Gasteiger partial charge in [0.2, 0.25) is 0 Å². The van der Waals surface area contributed by atoms with Crippen LogP contribution in [0.15, 0.2) is 119 Å². The predicted molar refractivity (Wildman–Crippen MR) is 153 cm³/mol. The first-order chi connectivity index (χ1) is 19.5. The molecule has 0 N–H and O–H groups in total. The molecule has 0 spiro atoms. The van der Waals surface area contributed by atoms with Crippen LogP contribution in [0, 0.1) is 18.8 Å². The average molecular weight is 537 g/mol. The van der Waals surface area contributed by atoms with E-state index in [0.717, 1.165) is 21.3 Å². The maximum Gasteiger partial charge on any atom is 0.338 e. The highest BCUT2D eigenvalue weighted by molar-refractivity contribution is 5.95. The average Bonchev–Trinajstić information content (AvgIpc) is 2.99. The van der Waals surface area contributed by atoms with E-state index in [4.69, 9.17) is 9.47 Å². The van der Waals surface area contributed by atoms with Crippen LogP contribution in [0.5, 0.6) is 0 Å². The van der Waals surface area contributed by atoms with Crippen molar-refractivity contribution >= 4 is 5.91 Å². The SMILES string of the molecule is C=C1[C@@H](n2cc(C)c(=O)n(C(=O)c3ccccc3)c2=O)[C@H](COCc2ccccc2)[C@H]1COCc1ccccc1. The Morgan fingerprint density at radius 2 is 1.32 bits per heavy atom. The molecule has 7 nitrogen and oxygen atoms in total. The highest BCUT2D eigenvalue weighted by atomic mass is 16.5. The summed E-state index contributed by atoms with van der Waals surface area (Å²) in [7, 11) is 0. The fraction of sp³-hybridized carbons (Fsp3) is 0.242. The van der Waals surface area contributed by atoms with Crippen molar-refractivity contribution in [3.63, 3.8) is 0 Å². The molecule has 7 heteroatoms. The number of carbonyl (C=O) groups excluding carboxylic acids is 1. The molecule has 1 aliphatic carbocycles. The van der Waals surface area contributed by atoms with Gasteiger partial charge in [-0.15, -0.1) is 0 Å². The summed E-state index contributed by atoms with van der Waals surface area (Å²) in [5, 5.41) is 0. The Kier molecular flexibility index (Phi) is 8.34. The number of aromatic nitrogens is 2. The molecule has 0 bridgehead atoms. The van der Waals surface area contributed by atoms with E-state index < -0.39 is 23.2 Å². The van der Waals surface area contributed by atoms with Crippen molar-refractivity contribution in [1.82, 2.24) is 9.13 Å². The monoisotopic (exact) mass is 536 g/mol. The first-order valence-corrected chi connectivity index (χ1v) is 13.3. The van der Waals surface area contributed by atoms with Gasteiger partial charge in [0.05, 0.1) is 32.5 Å². The molecule has 1 aliphatic rings. The van der Waals surface area contributed by atoms with E-state index >= 15 is 0 Å². The maximum absolute atomic E-state index is 13.7. The lowest BCUT2D eigenvalue weighted by Gasteiger charge is -2.47. The number of benzene rings is 3. The summed E-state index contributed by atoms with van der Waals surface area (Å²) in [5.74, 6) is -0.846. The van der Waals surface area contributed by atoms with E-state index in [1.807, 2.05) is 60.7 Å². The first kappa shape index (κ1) is 27.2. The van der Waals surface area contributed by atoms with E-state index in [0.29, 0.717) is 32.0 Å². The number of hydrogen-bond donors (Lipinski definition) is 0. The highest BCUT2D eigenvalue weighted by Gasteiger charge is 2.46. The molecule has 0 saturated heterocycles. The summed E-state index contributed by atoms with van der Waals surface area (Å²) in [6.45, 7) is 7.57. The van der Waals surface area contributed by atoms with Gasteiger partial charge in [0.1, 0.15) is 0 Å². The van der Waals surface area contributed by atoms with E-state index in [1.165, 1.54) is 10.8 Å². The highest BCUT2D eigenvalue weighted by Crippen LogP contribution is 2.48. The number of nitrogens with zero attached hydrogens (tertiary/aromatic N) is 2. The van der Waals surface area contributed by atoms with E-state index in [1.54, 1.807) is 37.3 Å². The fourth-order valence-electron chi connectivity index (χ4n) is 5.24. The summed E-state index contributed by atoms with van der Waals surface area (Å²) in [6.07, 6.45) is 1.53. The second kappa shape index (κ2) is 12.2. The standard InChI is InChI=1S/C33H32N2O5/c1-23-18-34(33(38)35(31(23)36)32(37)27-16-10-5-11-17-27)30-24(2)28(21-39-19-25-12-6-3-7-13-25)29(30)22-40-20-26-14-8-4-9-15-26/h3-18,28-30H,2,19-22H2,1H3/t28-,29+,30+/m0/s1. The molecule has 0 aliphatic heterocycles. The maximum atomic E-state index is 13.7. The molecule has 1 aromatic heterocycles. The molecule has 0 unspecified atom stereocenters. The van der Waals surface area contributed by atoms with E-state index in [-0.39, 0.29) is 17.4 Å². The summed E-state index contributed by atoms with van der Waals surface area (Å²) >= 11 is 0. The largest absolute Gasteiger partial charge is 0.376 e. The van der Waals surface area contributed by atoms with Crippen molar-refractivity contribution in [2.45, 2.75) is 26.2 Å². The van der Waals surface area contributed by atoms with Crippen molar-refractivity contribution in [2.24, 2.45) is 11.8 Å². The first-order valence-electron chi connectivity index (χ1n) is 13.3. The lowest BCUT2D eigenvalue weighted by Crippen LogP contribution is -2.53. The van der Waals surface area contributed by atoms with E-state index in [9.17, 15) is 14.4 Å². The molecule has 204 valence electrons. The zero-order valence-electron chi connectivity index (χ0n) is 22.4. The number of carbonyl (C=O) groups is 1. The zero-order chi connectivity index (χ0) is 28.1. The number of aryl methyl sites for hydroxylation is 1. The van der Waals surface area contributed by atoms with Gasteiger partial charge in [-0.25, -0.2) is 4.79 Å². The van der Waals surface area contributed by atoms with Crippen LogP contribution >= 0.6 is 0 Å². The minimum Gasteiger partial charge on any atom is -0.376 e. The van der Waals surface area contributed by atoms with Gasteiger partial charge in [-0.3, -0.25) is 14.2 Å². The van der Waals surface area contributed by atoms with Crippen LogP contribution in [0.4, 0.5) is 0 Å². The van der Waals surface area contributed by atoms with Crippen LogP contribution in [0.25, 0.3) is 0 Å². The van der Waals surface area contributed by atoms with Crippen molar-refractivity contribution in [2.75, 3.05) is 13.2 Å². The molecular weight excluding hydrogens is 504 g/mol. The van der Waals surface area contributed by atoms with Crippen LogP contribution in [-0.4, -0.2) is 28.3 Å². The molecule has 1 saturated carbocycles. The van der Waals surface area contributed by atoms with Crippen LogP contribution in [0.1, 0.15) is 33.1 Å². The van der Waals surface area contributed by atoms with Gasteiger partial charge in [-0.2, -0.15) is 4.57 Å². The second-order valence-electron chi connectivity index (χ2n) is 10.1. The van der Waals surface area contributed by atoms with Crippen molar-refractivity contribution in [3.05, 3.63) is 152 Å². The third-order valence-corrected chi connectivity index (χ3v) is 7.42. The van der Waals surface area contributed by atoms with Gasteiger partial charge < -0.3 is 9.47 Å². The zero-order valence-corrected chi connectivity index (χ0v) is 22.4. The van der Waals surface area contributed by atoms with Crippen LogP contribution in [-0.2, 0) is 22.7 Å². The molecule has 3 atom stereocenters. The summed E-state index contributed by atoms with van der Waals surface area (Å²) < 4.78 is 14.3. The topological polar surface area (TPSA) is 79.5 Å². The quantitative estimate of drug-likeness (QED) is 0.273. The Balaban J connectivity index is 1.41. The Hall–Kier alpha value is -4.33. The molecule has 1 heterocycles. The van der Waals surface area contributed by atoms with Gasteiger partial charge in [-0.1, -0.05) is 85.4 Å². The molecule has 5 rings (SSSR count). The van der Waals surface area contributed by atoms with Crippen molar-refractivity contribution < 1.29 is 14.3 Å². The Labute approximate surface area is 232 Å². The third-order valence-electron chi connectivity index (χ3n) is 7.42. The number of hydrogen-bond acceptors (Lipinski definition) is 5. The lowest BCUT2D eigenvalue weighted by molar-refractivity contribution is -0.0183. The predicted octanol–water partition coefficient (Wildman–Crippen LogP) is 4.78. The summed E-state index contributed by atoms with van der Waals surface area (Å²) in [5.41, 5.74) is 2.17. The Morgan fingerprint density at radius 3 is 1.90 bits per heavy atom. The molecule has 0 amide bonds. The van der Waals surface area contributed by atoms with Gasteiger partial charge in [-0.05, 0) is 35.8 Å². The van der Waals surface area contributed by atoms with Crippen LogP contribution in [0.2, 0.25) is 0 Å². The van der Waals surface area contributed by atoms with Crippen LogP contribution in [0.3, 0.4) is 0 Å². The van der Waals surface area contributed by atoms with E-state index in [2.05, 4.69) is 6.58 Å². The van der Waals surface area contributed by atoms with Gasteiger partial charge in [0.25, 0.3) is 11.5 Å². The van der Waals surface area contributed by atoms with Gasteiger partial charge in [0.15, 0.2) is 0 Å². The molecular formula is C33H32N2O5. The molecule has 40 heavy (non-hydrogen) atoms. The normalized spacial score (nSPS) is 18.3. The smallest absolute Gasteiger partial charge is 0.338 e.